The predicted octanol–water partition coefficient (Wildman–Crippen LogP) is 0.233. The predicted molar refractivity (Wildman–Crippen MR) is 55.2 cm³/mol. The third-order valence-electron chi connectivity index (χ3n) is 2.24. The normalized spacial score (nSPS) is 17.5. The fourth-order valence-electron chi connectivity index (χ4n) is 1.45. The number of amides is 1. The fraction of sp³-hybridized carbons (Fsp3) is 0.900. The molecule has 0 aromatic rings. The Morgan fingerprint density at radius 2 is 2.07 bits per heavy atom. The average Bonchev–Trinajstić information content (AvgIpc) is 2.18. The molecule has 82 valence electrons. The molecule has 0 atom stereocenters. The third-order valence-corrected chi connectivity index (χ3v) is 2.24. The van der Waals surface area contributed by atoms with Crippen LogP contribution in [0.5, 0.6) is 0 Å². The zero-order chi connectivity index (χ0) is 10.4. The van der Waals surface area contributed by atoms with Crippen LogP contribution in [-0.4, -0.2) is 49.7 Å². The van der Waals surface area contributed by atoms with Crippen molar-refractivity contribution in [2.45, 2.75) is 26.4 Å². The van der Waals surface area contributed by atoms with Crippen LogP contribution in [0.2, 0.25) is 0 Å². The van der Waals surface area contributed by atoms with Crippen molar-refractivity contribution in [3.63, 3.8) is 0 Å². The van der Waals surface area contributed by atoms with Gasteiger partial charge in [0.1, 0.15) is 0 Å². The van der Waals surface area contributed by atoms with Crippen LogP contribution in [0.25, 0.3) is 0 Å². The highest BCUT2D eigenvalue weighted by Crippen LogP contribution is 1.98. The number of rotatable bonds is 4. The van der Waals surface area contributed by atoms with Gasteiger partial charge in [-0.25, -0.2) is 0 Å². The molecular formula is C10H20N2O2. The van der Waals surface area contributed by atoms with Gasteiger partial charge in [-0.1, -0.05) is 0 Å². The molecule has 14 heavy (non-hydrogen) atoms. The summed E-state index contributed by atoms with van der Waals surface area (Å²) in [7, 11) is 0. The van der Waals surface area contributed by atoms with E-state index in [4.69, 9.17) is 4.74 Å². The van der Waals surface area contributed by atoms with Crippen LogP contribution in [0.3, 0.4) is 0 Å². The Labute approximate surface area is 85.6 Å². The maximum absolute atomic E-state index is 11.6. The van der Waals surface area contributed by atoms with Crippen molar-refractivity contribution < 1.29 is 9.53 Å². The Kier molecular flexibility index (Phi) is 4.90. The van der Waals surface area contributed by atoms with Gasteiger partial charge in [-0.3, -0.25) is 4.79 Å². The van der Waals surface area contributed by atoms with E-state index in [2.05, 4.69) is 5.32 Å². The molecule has 0 bridgehead atoms. The van der Waals surface area contributed by atoms with Gasteiger partial charge in [0.15, 0.2) is 0 Å². The summed E-state index contributed by atoms with van der Waals surface area (Å²) in [4.78, 5) is 13.5. The lowest BCUT2D eigenvalue weighted by Crippen LogP contribution is -2.46. The number of hydrogen-bond donors (Lipinski definition) is 1. The van der Waals surface area contributed by atoms with Crippen molar-refractivity contribution in [3.05, 3.63) is 0 Å². The summed E-state index contributed by atoms with van der Waals surface area (Å²) in [6.07, 6.45) is 0.726. The standard InChI is InChI=1S/C10H20N2O2/c1-9(2)14-8-3-10(13)12-6-4-11-5-7-12/h9,11H,3-8H2,1-2H3. The lowest BCUT2D eigenvalue weighted by molar-refractivity contribution is -0.133. The first-order valence-electron chi connectivity index (χ1n) is 5.30. The lowest BCUT2D eigenvalue weighted by atomic mass is 10.3. The van der Waals surface area contributed by atoms with Gasteiger partial charge in [0, 0.05) is 26.2 Å². The first-order valence-corrected chi connectivity index (χ1v) is 5.30. The van der Waals surface area contributed by atoms with Crippen molar-refractivity contribution in [2.75, 3.05) is 32.8 Å². The second-order valence-electron chi connectivity index (χ2n) is 3.80. The van der Waals surface area contributed by atoms with E-state index in [1.54, 1.807) is 0 Å². The number of ether oxygens (including phenoxy) is 1. The van der Waals surface area contributed by atoms with Crippen molar-refractivity contribution in [1.82, 2.24) is 10.2 Å². The molecule has 4 nitrogen and oxygen atoms in total. The minimum atomic E-state index is 0.214. The molecule has 0 aromatic heterocycles. The number of nitrogens with one attached hydrogen (secondary N) is 1. The van der Waals surface area contributed by atoms with Gasteiger partial charge in [-0.2, -0.15) is 0 Å². The molecular weight excluding hydrogens is 180 g/mol. The van der Waals surface area contributed by atoms with E-state index in [1.165, 1.54) is 0 Å². The summed E-state index contributed by atoms with van der Waals surface area (Å²) in [5.74, 6) is 0.215. The van der Waals surface area contributed by atoms with E-state index < -0.39 is 0 Å². The van der Waals surface area contributed by atoms with Gasteiger partial charge in [-0.05, 0) is 13.8 Å². The van der Waals surface area contributed by atoms with E-state index in [0.29, 0.717) is 13.0 Å². The second kappa shape index (κ2) is 5.98. The molecule has 1 aliphatic heterocycles. The molecule has 4 heteroatoms. The quantitative estimate of drug-likeness (QED) is 0.706. The van der Waals surface area contributed by atoms with Gasteiger partial charge in [-0.15, -0.1) is 0 Å². The fourth-order valence-corrected chi connectivity index (χ4v) is 1.45. The van der Waals surface area contributed by atoms with Crippen molar-refractivity contribution in [2.24, 2.45) is 0 Å². The van der Waals surface area contributed by atoms with Crippen LogP contribution in [0, 0.1) is 0 Å². The van der Waals surface area contributed by atoms with Gasteiger partial charge < -0.3 is 15.0 Å². The summed E-state index contributed by atoms with van der Waals surface area (Å²) >= 11 is 0. The molecule has 1 rings (SSSR count). The van der Waals surface area contributed by atoms with Crippen LogP contribution in [0.4, 0.5) is 0 Å². The molecule has 1 saturated heterocycles. The minimum absolute atomic E-state index is 0.214. The Bertz CT molecular complexity index is 177. The topological polar surface area (TPSA) is 41.6 Å². The summed E-state index contributed by atoms with van der Waals surface area (Å²) in [5, 5.41) is 3.22. The SMILES string of the molecule is CC(C)OCCC(=O)N1CCNCC1. The largest absolute Gasteiger partial charge is 0.378 e. The molecule has 1 N–H and O–H groups in total. The van der Waals surface area contributed by atoms with Crippen molar-refractivity contribution in [1.29, 1.82) is 0 Å². The number of nitrogens with zero attached hydrogens (tertiary/aromatic N) is 1. The smallest absolute Gasteiger partial charge is 0.224 e. The highest BCUT2D eigenvalue weighted by atomic mass is 16.5. The monoisotopic (exact) mass is 200 g/mol. The number of hydrogen-bond acceptors (Lipinski definition) is 3. The summed E-state index contributed by atoms with van der Waals surface area (Å²) in [6, 6.07) is 0. The van der Waals surface area contributed by atoms with Crippen molar-refractivity contribution in [3.8, 4) is 0 Å². The number of carbonyl (C=O) groups is 1. The van der Waals surface area contributed by atoms with Crippen LogP contribution in [0.1, 0.15) is 20.3 Å². The zero-order valence-corrected chi connectivity index (χ0v) is 9.08. The maximum Gasteiger partial charge on any atom is 0.224 e. The second-order valence-corrected chi connectivity index (χ2v) is 3.80. The van der Waals surface area contributed by atoms with E-state index in [0.717, 1.165) is 26.2 Å². The molecule has 0 saturated carbocycles. The first-order chi connectivity index (χ1) is 6.70. The zero-order valence-electron chi connectivity index (χ0n) is 9.08. The molecule has 0 spiro atoms. The van der Waals surface area contributed by atoms with Crippen LogP contribution in [-0.2, 0) is 9.53 Å². The summed E-state index contributed by atoms with van der Waals surface area (Å²) in [5.41, 5.74) is 0. The van der Waals surface area contributed by atoms with Crippen LogP contribution in [0.15, 0.2) is 0 Å². The molecule has 0 aliphatic carbocycles. The Hall–Kier alpha value is -0.610. The summed E-state index contributed by atoms with van der Waals surface area (Å²) < 4.78 is 5.34. The average molecular weight is 200 g/mol. The van der Waals surface area contributed by atoms with Gasteiger partial charge in [0.05, 0.1) is 19.1 Å². The molecule has 0 radical (unpaired) electrons. The van der Waals surface area contributed by atoms with Gasteiger partial charge in [0.25, 0.3) is 0 Å². The van der Waals surface area contributed by atoms with Crippen LogP contribution < -0.4 is 5.32 Å². The Balaban J connectivity index is 2.13. The van der Waals surface area contributed by atoms with E-state index >= 15 is 0 Å². The summed E-state index contributed by atoms with van der Waals surface area (Å²) in [6.45, 7) is 8.00. The van der Waals surface area contributed by atoms with Crippen LogP contribution >= 0.6 is 0 Å². The molecule has 1 amide bonds. The molecule has 0 unspecified atom stereocenters. The number of carbonyl (C=O) groups excluding carboxylic acids is 1. The third kappa shape index (κ3) is 4.07. The number of piperazine rings is 1. The molecule has 0 aromatic carbocycles. The first kappa shape index (κ1) is 11.5. The van der Waals surface area contributed by atoms with E-state index in [1.807, 2.05) is 18.7 Å². The molecule has 1 heterocycles. The lowest BCUT2D eigenvalue weighted by Gasteiger charge is -2.27. The van der Waals surface area contributed by atoms with Gasteiger partial charge in [0.2, 0.25) is 5.91 Å². The Morgan fingerprint density at radius 1 is 1.43 bits per heavy atom. The maximum atomic E-state index is 11.6. The Morgan fingerprint density at radius 3 is 2.64 bits per heavy atom. The van der Waals surface area contributed by atoms with E-state index in [9.17, 15) is 4.79 Å². The van der Waals surface area contributed by atoms with Crippen molar-refractivity contribution >= 4 is 5.91 Å². The molecule has 1 fully saturated rings. The minimum Gasteiger partial charge on any atom is -0.378 e. The highest BCUT2D eigenvalue weighted by molar-refractivity contribution is 5.76. The molecule has 1 aliphatic rings. The highest BCUT2D eigenvalue weighted by Gasteiger charge is 2.15. The van der Waals surface area contributed by atoms with E-state index in [-0.39, 0.29) is 12.0 Å². The van der Waals surface area contributed by atoms with Gasteiger partial charge >= 0.3 is 0 Å².